The molecule has 0 bridgehead atoms. The van der Waals surface area contributed by atoms with Gasteiger partial charge in [-0.2, -0.15) is 11.5 Å². The number of benzene rings is 1. The molecule has 0 amide bonds. The highest BCUT2D eigenvalue weighted by Gasteiger charge is 2.06. The molecule has 0 aliphatic rings. The fourth-order valence-electron chi connectivity index (χ4n) is 0.932. The van der Waals surface area contributed by atoms with Gasteiger partial charge in [-0.1, -0.05) is 23.2 Å². The van der Waals surface area contributed by atoms with Crippen molar-refractivity contribution in [3.8, 4) is 0 Å². The van der Waals surface area contributed by atoms with Gasteiger partial charge in [-0.15, -0.1) is 0 Å². The van der Waals surface area contributed by atoms with Crippen molar-refractivity contribution in [3.63, 3.8) is 0 Å². The molecule has 1 rings (SSSR count). The number of rotatable bonds is 3. The molecule has 0 fully saturated rings. The van der Waals surface area contributed by atoms with Crippen molar-refractivity contribution in [1.29, 1.82) is 0 Å². The number of anilines is 1. The second kappa shape index (κ2) is 4.37. The zero-order chi connectivity index (χ0) is 8.81. The topological polar surface area (TPSA) is 27.8 Å². The van der Waals surface area contributed by atoms with Crippen molar-refractivity contribution >= 4 is 5.69 Å². The van der Waals surface area contributed by atoms with Gasteiger partial charge >= 0.3 is 0 Å². The number of para-hydroxylation sites is 1. The van der Waals surface area contributed by atoms with E-state index < -0.39 is 0 Å². The lowest BCUT2D eigenvalue weighted by Crippen LogP contribution is -2.17. The summed E-state index contributed by atoms with van der Waals surface area (Å²) in [6.07, 6.45) is 0. The minimum Gasteiger partial charge on any atom is -0.394 e. The van der Waals surface area contributed by atoms with Gasteiger partial charge in [0.05, 0.1) is 6.61 Å². The van der Waals surface area contributed by atoms with Gasteiger partial charge in [0.2, 0.25) is 0 Å². The number of nitrogens with zero attached hydrogens (tertiary/aromatic N) is 2. The molecule has 12 heavy (non-hydrogen) atoms. The average molecular weight is 162 g/mol. The van der Waals surface area contributed by atoms with E-state index in [1.165, 1.54) is 5.01 Å². The maximum Gasteiger partial charge on any atom is 0.115 e. The molecule has 0 heterocycles. The molecule has 1 N–H and O–H groups in total. The van der Waals surface area contributed by atoms with Gasteiger partial charge in [0.1, 0.15) is 12.2 Å². The van der Waals surface area contributed by atoms with E-state index in [0.717, 1.165) is 5.69 Å². The Morgan fingerprint density at radius 2 is 2.00 bits per heavy atom. The summed E-state index contributed by atoms with van der Waals surface area (Å²) in [5.41, 5.74) is 0.821. The summed E-state index contributed by atoms with van der Waals surface area (Å²) in [6.45, 7) is 7.19. The Balaban J connectivity index is 2.75. The molecule has 3 heteroatoms. The third kappa shape index (κ3) is 1.97. The molecular weight excluding hydrogens is 152 g/mol. The molecule has 3 nitrogen and oxygen atoms in total. The molecule has 0 radical (unpaired) electrons. The van der Waals surface area contributed by atoms with Crippen LogP contribution in [0.2, 0.25) is 0 Å². The summed E-state index contributed by atoms with van der Waals surface area (Å²) < 4.78 is 0. The molecule has 0 saturated carbocycles. The first-order chi connectivity index (χ1) is 5.88. The molecule has 1 aromatic rings. The van der Waals surface area contributed by atoms with Crippen LogP contribution < -0.4 is 5.01 Å². The zero-order valence-electron chi connectivity index (χ0n) is 6.64. The molecule has 0 saturated heterocycles. The van der Waals surface area contributed by atoms with E-state index in [1.807, 2.05) is 30.3 Å². The third-order valence-corrected chi connectivity index (χ3v) is 1.49. The predicted octanol–water partition coefficient (Wildman–Crippen LogP) is 1.32. The van der Waals surface area contributed by atoms with Gasteiger partial charge in [-0.05, 0) is 12.1 Å². The van der Waals surface area contributed by atoms with E-state index in [4.69, 9.17) is 11.7 Å². The summed E-state index contributed by atoms with van der Waals surface area (Å²) in [7, 11) is 0. The van der Waals surface area contributed by atoms with Crippen LogP contribution in [0.3, 0.4) is 0 Å². The van der Waals surface area contributed by atoms with Crippen molar-refractivity contribution in [2.75, 3.05) is 18.2 Å². The molecule has 62 valence electrons. The zero-order valence-corrected chi connectivity index (χ0v) is 6.64. The molecule has 1 aromatic carbocycles. The monoisotopic (exact) mass is 162 g/mol. The van der Waals surface area contributed by atoms with Gasteiger partial charge in [-0.3, -0.25) is 0 Å². The van der Waals surface area contributed by atoms with Crippen molar-refractivity contribution in [1.82, 2.24) is 0 Å². The first-order valence-corrected chi connectivity index (χ1v) is 3.69. The van der Waals surface area contributed by atoms with E-state index >= 15 is 0 Å². The van der Waals surface area contributed by atoms with Crippen LogP contribution >= 0.6 is 0 Å². The normalized spacial score (nSPS) is 9.00. The van der Waals surface area contributed by atoms with Crippen LogP contribution in [0.25, 0.3) is 4.95 Å². The second-order valence-electron chi connectivity index (χ2n) is 2.28. The van der Waals surface area contributed by atoms with E-state index in [0.29, 0.717) is 6.54 Å². The molecular formula is C9H10N2O. The number of aliphatic hydroxyl groups excluding tert-OH is 1. The Bertz CT molecular complexity index is 266. The number of hydrogen-bond acceptors (Lipinski definition) is 2. The summed E-state index contributed by atoms with van der Waals surface area (Å²) >= 11 is 0. The molecule has 0 aliphatic heterocycles. The maximum absolute atomic E-state index is 8.64. The first-order valence-electron chi connectivity index (χ1n) is 3.69. The van der Waals surface area contributed by atoms with Crippen LogP contribution in [-0.2, 0) is 0 Å². The van der Waals surface area contributed by atoms with Gasteiger partial charge in [0.15, 0.2) is 0 Å². The Morgan fingerprint density at radius 1 is 1.33 bits per heavy atom. The Kier molecular flexibility index (Phi) is 3.12. The smallest absolute Gasteiger partial charge is 0.115 e. The van der Waals surface area contributed by atoms with Crippen LogP contribution in [-0.4, -0.2) is 18.3 Å². The Hall–Kier alpha value is -1.53. The van der Waals surface area contributed by atoms with Crippen molar-refractivity contribution < 1.29 is 5.11 Å². The largest absolute Gasteiger partial charge is 0.394 e. The van der Waals surface area contributed by atoms with Gasteiger partial charge < -0.3 is 5.11 Å². The molecule has 0 aliphatic carbocycles. The van der Waals surface area contributed by atoms with Crippen molar-refractivity contribution in [3.05, 3.63) is 41.9 Å². The maximum atomic E-state index is 8.64. The predicted molar refractivity (Wildman–Crippen MR) is 47.5 cm³/mol. The lowest BCUT2D eigenvalue weighted by molar-refractivity contribution is 0.305. The third-order valence-electron chi connectivity index (χ3n) is 1.49. The van der Waals surface area contributed by atoms with E-state index in [-0.39, 0.29) is 6.61 Å². The average Bonchev–Trinajstić information content (AvgIpc) is 2.15. The lowest BCUT2D eigenvalue weighted by Gasteiger charge is -2.07. The van der Waals surface area contributed by atoms with Crippen LogP contribution in [0.1, 0.15) is 0 Å². The Labute approximate surface area is 71.7 Å². The quantitative estimate of drug-likeness (QED) is 0.536. The lowest BCUT2D eigenvalue weighted by atomic mass is 10.3. The number of aliphatic hydroxyl groups is 1. The Morgan fingerprint density at radius 3 is 2.50 bits per heavy atom. The molecule has 0 atom stereocenters. The fraction of sp³-hybridized carbons (Fsp3) is 0.222. The van der Waals surface area contributed by atoms with Crippen LogP contribution in [0, 0.1) is 6.57 Å². The highest BCUT2D eigenvalue weighted by Crippen LogP contribution is 2.12. The van der Waals surface area contributed by atoms with Crippen LogP contribution in [0.5, 0.6) is 0 Å². The second-order valence-corrected chi connectivity index (χ2v) is 2.28. The standard InChI is InChI=1S/C9H10N2O/c1-10-11(7-8-12)9-5-3-2-4-6-9/h2-6,12H,7-8H2. The molecule has 0 aromatic heterocycles. The van der Waals surface area contributed by atoms with E-state index in [2.05, 4.69) is 4.95 Å². The highest BCUT2D eigenvalue weighted by molar-refractivity contribution is 5.46. The number of hydrogen-bond donors (Lipinski definition) is 1. The summed E-state index contributed by atoms with van der Waals surface area (Å²) in [5.74, 6) is 0. The van der Waals surface area contributed by atoms with E-state index in [1.54, 1.807) is 0 Å². The van der Waals surface area contributed by atoms with Gasteiger partial charge in [-0.25, -0.2) is 0 Å². The molecule has 0 spiro atoms. The molecule has 0 unspecified atom stereocenters. The minimum atomic E-state index is -0.00270. The summed E-state index contributed by atoms with van der Waals surface area (Å²) in [5, 5.41) is 10.1. The van der Waals surface area contributed by atoms with Gasteiger partial charge in [0, 0.05) is 0 Å². The fourth-order valence-corrected chi connectivity index (χ4v) is 0.932. The highest BCUT2D eigenvalue weighted by atomic mass is 16.3. The van der Waals surface area contributed by atoms with Crippen molar-refractivity contribution in [2.45, 2.75) is 0 Å². The first kappa shape index (κ1) is 8.57. The summed E-state index contributed by atoms with van der Waals surface area (Å²) in [6, 6.07) is 9.31. The van der Waals surface area contributed by atoms with Crippen LogP contribution in [0.15, 0.2) is 30.3 Å². The summed E-state index contributed by atoms with van der Waals surface area (Å²) in [4.78, 5) is 3.27. The van der Waals surface area contributed by atoms with Crippen molar-refractivity contribution in [2.24, 2.45) is 0 Å². The van der Waals surface area contributed by atoms with E-state index in [9.17, 15) is 0 Å². The minimum absolute atomic E-state index is 0.00270. The van der Waals surface area contributed by atoms with Gasteiger partial charge in [0.25, 0.3) is 0 Å². The van der Waals surface area contributed by atoms with Crippen LogP contribution in [0.4, 0.5) is 5.69 Å². The SMILES string of the molecule is [C-]#[N+]N(CCO)c1ccccc1.